The Bertz CT molecular complexity index is 724. The second-order valence-corrected chi connectivity index (χ2v) is 6.00. The molecule has 3 heterocycles. The lowest BCUT2D eigenvalue weighted by Gasteiger charge is -2.19. The maximum absolute atomic E-state index is 5.06. The first kappa shape index (κ1) is 13.6. The second-order valence-electron chi connectivity index (χ2n) is 6.00. The summed E-state index contributed by atoms with van der Waals surface area (Å²) in [5.41, 5.74) is 1.91. The molecular formula is C15H19N5O. The summed E-state index contributed by atoms with van der Waals surface area (Å²) in [5.74, 6) is 0.819. The smallest absolute Gasteiger partial charge is 0.163 e. The van der Waals surface area contributed by atoms with Crippen LogP contribution in [0.1, 0.15) is 26.3 Å². The van der Waals surface area contributed by atoms with E-state index in [0.717, 1.165) is 35.4 Å². The number of anilines is 1. The van der Waals surface area contributed by atoms with Crippen LogP contribution in [0, 0.1) is 0 Å². The predicted molar refractivity (Wildman–Crippen MR) is 81.2 cm³/mol. The van der Waals surface area contributed by atoms with Gasteiger partial charge in [-0.15, -0.1) is 0 Å². The van der Waals surface area contributed by atoms with Gasteiger partial charge >= 0.3 is 0 Å². The summed E-state index contributed by atoms with van der Waals surface area (Å²) < 4.78 is 6.98. The summed E-state index contributed by atoms with van der Waals surface area (Å²) in [5, 5.41) is 8.73. The minimum atomic E-state index is -0.107. The van der Waals surface area contributed by atoms with Crippen LogP contribution in [0.5, 0.6) is 0 Å². The Morgan fingerprint density at radius 3 is 2.86 bits per heavy atom. The van der Waals surface area contributed by atoms with Crippen molar-refractivity contribution in [2.75, 3.05) is 11.9 Å². The Hall–Kier alpha value is -2.37. The molecule has 0 aliphatic heterocycles. The van der Waals surface area contributed by atoms with Gasteiger partial charge in [0.2, 0.25) is 0 Å². The van der Waals surface area contributed by atoms with Gasteiger partial charge in [0.1, 0.15) is 12.1 Å². The van der Waals surface area contributed by atoms with Crippen molar-refractivity contribution in [3.05, 3.63) is 36.7 Å². The molecule has 0 radical (unpaired) electrons. The molecular weight excluding hydrogens is 266 g/mol. The Balaban J connectivity index is 1.81. The molecule has 1 N–H and O–H groups in total. The molecule has 0 bridgehead atoms. The zero-order valence-electron chi connectivity index (χ0n) is 12.5. The van der Waals surface area contributed by atoms with E-state index in [1.807, 2.05) is 16.9 Å². The van der Waals surface area contributed by atoms with Crippen LogP contribution in [-0.4, -0.2) is 26.3 Å². The largest absolute Gasteiger partial charge is 0.472 e. The third-order valence-electron chi connectivity index (χ3n) is 3.29. The quantitative estimate of drug-likeness (QED) is 0.798. The first-order valence-electron chi connectivity index (χ1n) is 7.00. The standard InChI is InChI=1S/C15H19N5O/c1-15(2,3)20-14-12(8-19-20)13(17-10-18-14)16-6-4-11-5-7-21-9-11/h5,7-10H,4,6H2,1-3H3,(H,16,17,18). The van der Waals surface area contributed by atoms with Crippen LogP contribution in [0.25, 0.3) is 11.0 Å². The van der Waals surface area contributed by atoms with E-state index in [-0.39, 0.29) is 5.54 Å². The lowest BCUT2D eigenvalue weighted by atomic mass is 10.1. The van der Waals surface area contributed by atoms with Crippen molar-refractivity contribution in [3.63, 3.8) is 0 Å². The van der Waals surface area contributed by atoms with Crippen LogP contribution in [-0.2, 0) is 12.0 Å². The van der Waals surface area contributed by atoms with Gasteiger partial charge in [-0.2, -0.15) is 5.10 Å². The summed E-state index contributed by atoms with van der Waals surface area (Å²) >= 11 is 0. The van der Waals surface area contributed by atoms with Crippen molar-refractivity contribution in [1.82, 2.24) is 19.7 Å². The van der Waals surface area contributed by atoms with Gasteiger partial charge in [-0.25, -0.2) is 14.6 Å². The highest BCUT2D eigenvalue weighted by Crippen LogP contribution is 2.23. The number of hydrogen-bond donors (Lipinski definition) is 1. The molecule has 6 heteroatoms. The average Bonchev–Trinajstić information content (AvgIpc) is 3.06. The molecule has 110 valence electrons. The van der Waals surface area contributed by atoms with Crippen LogP contribution in [0.3, 0.4) is 0 Å². The zero-order valence-corrected chi connectivity index (χ0v) is 12.5. The van der Waals surface area contributed by atoms with Gasteiger partial charge in [0.25, 0.3) is 0 Å². The van der Waals surface area contributed by atoms with Gasteiger partial charge in [-0.05, 0) is 38.8 Å². The highest BCUT2D eigenvalue weighted by molar-refractivity contribution is 5.86. The number of furan rings is 1. The minimum Gasteiger partial charge on any atom is -0.472 e. The fourth-order valence-corrected chi connectivity index (χ4v) is 2.24. The molecule has 3 aromatic rings. The lowest BCUT2D eigenvalue weighted by molar-refractivity contribution is 0.366. The van der Waals surface area contributed by atoms with E-state index in [2.05, 4.69) is 41.2 Å². The topological polar surface area (TPSA) is 68.8 Å². The molecule has 0 unspecified atom stereocenters. The van der Waals surface area contributed by atoms with Gasteiger partial charge in [0.05, 0.1) is 29.6 Å². The van der Waals surface area contributed by atoms with Gasteiger partial charge in [-0.3, -0.25) is 0 Å². The van der Waals surface area contributed by atoms with Crippen molar-refractivity contribution < 1.29 is 4.42 Å². The van der Waals surface area contributed by atoms with E-state index in [9.17, 15) is 0 Å². The number of hydrogen-bond acceptors (Lipinski definition) is 5. The Morgan fingerprint density at radius 1 is 1.29 bits per heavy atom. The van der Waals surface area contributed by atoms with E-state index in [1.165, 1.54) is 0 Å². The monoisotopic (exact) mass is 285 g/mol. The summed E-state index contributed by atoms with van der Waals surface area (Å²) in [6.45, 7) is 7.10. The molecule has 3 rings (SSSR count). The summed E-state index contributed by atoms with van der Waals surface area (Å²) in [7, 11) is 0. The number of nitrogens with zero attached hydrogens (tertiary/aromatic N) is 4. The summed E-state index contributed by atoms with van der Waals surface area (Å²) in [4.78, 5) is 8.68. The molecule has 21 heavy (non-hydrogen) atoms. The fourth-order valence-electron chi connectivity index (χ4n) is 2.24. The molecule has 0 atom stereocenters. The van der Waals surface area contributed by atoms with Crippen molar-refractivity contribution in [2.45, 2.75) is 32.7 Å². The van der Waals surface area contributed by atoms with E-state index in [4.69, 9.17) is 4.42 Å². The Morgan fingerprint density at radius 2 is 2.14 bits per heavy atom. The highest BCUT2D eigenvalue weighted by atomic mass is 16.3. The molecule has 0 saturated carbocycles. The predicted octanol–water partition coefficient (Wildman–Crippen LogP) is 2.83. The Kier molecular flexibility index (Phi) is 3.37. The maximum atomic E-state index is 5.06. The van der Waals surface area contributed by atoms with Crippen molar-refractivity contribution in [1.29, 1.82) is 0 Å². The van der Waals surface area contributed by atoms with Gasteiger partial charge in [0, 0.05) is 6.54 Å². The first-order valence-corrected chi connectivity index (χ1v) is 7.00. The van der Waals surface area contributed by atoms with Crippen molar-refractivity contribution in [3.8, 4) is 0 Å². The van der Waals surface area contributed by atoms with Crippen LogP contribution >= 0.6 is 0 Å². The molecule has 0 fully saturated rings. The maximum Gasteiger partial charge on any atom is 0.163 e. The van der Waals surface area contributed by atoms with Crippen LogP contribution in [0.4, 0.5) is 5.82 Å². The molecule has 0 aromatic carbocycles. The Labute approximate surface area is 123 Å². The van der Waals surface area contributed by atoms with Gasteiger partial charge in [-0.1, -0.05) is 0 Å². The normalized spacial score (nSPS) is 12.0. The van der Waals surface area contributed by atoms with E-state index < -0.39 is 0 Å². The third kappa shape index (κ3) is 2.74. The van der Waals surface area contributed by atoms with Gasteiger partial charge in [0.15, 0.2) is 5.65 Å². The highest BCUT2D eigenvalue weighted by Gasteiger charge is 2.19. The summed E-state index contributed by atoms with van der Waals surface area (Å²) in [6, 6.07) is 1.97. The fraction of sp³-hybridized carbons (Fsp3) is 0.400. The number of nitrogens with one attached hydrogen (secondary N) is 1. The van der Waals surface area contributed by atoms with E-state index in [1.54, 1.807) is 18.9 Å². The molecule has 0 aliphatic rings. The average molecular weight is 285 g/mol. The zero-order chi connectivity index (χ0) is 14.9. The number of rotatable bonds is 4. The minimum absolute atomic E-state index is 0.107. The lowest BCUT2D eigenvalue weighted by Crippen LogP contribution is -2.23. The van der Waals surface area contributed by atoms with Crippen LogP contribution < -0.4 is 5.32 Å². The first-order chi connectivity index (χ1) is 10.1. The molecule has 6 nitrogen and oxygen atoms in total. The number of aromatic nitrogens is 4. The molecule has 0 amide bonds. The SMILES string of the molecule is CC(C)(C)n1ncc2c(NCCc3ccoc3)ncnc21. The van der Waals surface area contributed by atoms with Crippen molar-refractivity contribution >= 4 is 16.9 Å². The third-order valence-corrected chi connectivity index (χ3v) is 3.29. The van der Waals surface area contributed by atoms with E-state index >= 15 is 0 Å². The van der Waals surface area contributed by atoms with Crippen LogP contribution in [0.15, 0.2) is 35.5 Å². The number of fused-ring (bicyclic) bond motifs is 1. The molecule has 0 aliphatic carbocycles. The second kappa shape index (κ2) is 5.20. The molecule has 0 saturated heterocycles. The van der Waals surface area contributed by atoms with Crippen LogP contribution in [0.2, 0.25) is 0 Å². The summed E-state index contributed by atoms with van der Waals surface area (Å²) in [6.07, 6.45) is 7.73. The van der Waals surface area contributed by atoms with Gasteiger partial charge < -0.3 is 9.73 Å². The van der Waals surface area contributed by atoms with Crippen molar-refractivity contribution in [2.24, 2.45) is 0 Å². The van der Waals surface area contributed by atoms with E-state index in [0.29, 0.717) is 0 Å². The molecule has 3 aromatic heterocycles. The molecule has 0 spiro atoms.